The van der Waals surface area contributed by atoms with Crippen LogP contribution in [0.3, 0.4) is 0 Å². The Bertz CT molecular complexity index is 170. The highest BCUT2D eigenvalue weighted by Crippen LogP contribution is 2.17. The standard InChI is InChI=1S/C14H30N2/c1-4-10-15-14(5-2)9-7-12-16-11-6-8-13(16)3/h13-15H,4-12H2,1-3H3. The van der Waals surface area contributed by atoms with Crippen molar-refractivity contribution in [1.82, 2.24) is 10.2 Å². The first-order chi connectivity index (χ1) is 7.77. The lowest BCUT2D eigenvalue weighted by molar-refractivity contribution is 0.257. The third-order valence-electron chi connectivity index (χ3n) is 3.86. The Morgan fingerprint density at radius 2 is 2.19 bits per heavy atom. The van der Waals surface area contributed by atoms with Crippen LogP contribution in [-0.2, 0) is 0 Å². The van der Waals surface area contributed by atoms with Gasteiger partial charge in [-0.15, -0.1) is 0 Å². The Labute approximate surface area is 102 Å². The second kappa shape index (κ2) is 8.08. The third-order valence-corrected chi connectivity index (χ3v) is 3.86. The molecule has 0 amide bonds. The van der Waals surface area contributed by atoms with Crippen LogP contribution in [0.2, 0.25) is 0 Å². The van der Waals surface area contributed by atoms with Gasteiger partial charge in [0.1, 0.15) is 0 Å². The first kappa shape index (κ1) is 14.0. The Morgan fingerprint density at radius 1 is 1.38 bits per heavy atom. The molecule has 0 bridgehead atoms. The van der Waals surface area contributed by atoms with Crippen molar-refractivity contribution >= 4 is 0 Å². The number of nitrogens with one attached hydrogen (secondary N) is 1. The van der Waals surface area contributed by atoms with E-state index in [1.807, 2.05) is 0 Å². The molecule has 0 aromatic carbocycles. The van der Waals surface area contributed by atoms with Gasteiger partial charge in [-0.1, -0.05) is 13.8 Å². The molecule has 2 unspecified atom stereocenters. The Hall–Kier alpha value is -0.0800. The number of likely N-dealkylation sites (tertiary alicyclic amines) is 1. The number of hydrogen-bond donors (Lipinski definition) is 1. The van der Waals surface area contributed by atoms with Crippen molar-refractivity contribution in [2.75, 3.05) is 19.6 Å². The average Bonchev–Trinajstić information content (AvgIpc) is 2.69. The maximum Gasteiger partial charge on any atom is 0.00674 e. The van der Waals surface area contributed by atoms with Gasteiger partial charge in [-0.3, -0.25) is 0 Å². The summed E-state index contributed by atoms with van der Waals surface area (Å²) in [7, 11) is 0. The van der Waals surface area contributed by atoms with E-state index in [4.69, 9.17) is 0 Å². The molecule has 1 aliphatic rings. The minimum atomic E-state index is 0.748. The smallest absolute Gasteiger partial charge is 0.00674 e. The molecule has 2 nitrogen and oxygen atoms in total. The summed E-state index contributed by atoms with van der Waals surface area (Å²) in [6.07, 6.45) is 8.05. The minimum Gasteiger partial charge on any atom is -0.314 e. The summed E-state index contributed by atoms with van der Waals surface area (Å²) in [5, 5.41) is 3.64. The van der Waals surface area contributed by atoms with E-state index >= 15 is 0 Å². The zero-order chi connectivity index (χ0) is 11.8. The summed E-state index contributed by atoms with van der Waals surface area (Å²) in [6.45, 7) is 10.7. The normalized spacial score (nSPS) is 23.8. The molecule has 1 N–H and O–H groups in total. The van der Waals surface area contributed by atoms with Gasteiger partial charge in [0.05, 0.1) is 0 Å². The van der Waals surface area contributed by atoms with E-state index in [-0.39, 0.29) is 0 Å². The van der Waals surface area contributed by atoms with E-state index in [1.165, 1.54) is 58.2 Å². The van der Waals surface area contributed by atoms with E-state index in [9.17, 15) is 0 Å². The predicted octanol–water partition coefficient (Wildman–Crippen LogP) is 3.03. The van der Waals surface area contributed by atoms with Gasteiger partial charge in [0, 0.05) is 12.1 Å². The highest BCUT2D eigenvalue weighted by atomic mass is 15.2. The van der Waals surface area contributed by atoms with Crippen molar-refractivity contribution in [1.29, 1.82) is 0 Å². The molecule has 0 aromatic heterocycles. The number of nitrogens with zero attached hydrogens (tertiary/aromatic N) is 1. The van der Waals surface area contributed by atoms with Gasteiger partial charge in [-0.05, 0) is 65.1 Å². The summed E-state index contributed by atoms with van der Waals surface area (Å²) < 4.78 is 0. The molecular formula is C14H30N2. The Kier molecular flexibility index (Phi) is 7.06. The van der Waals surface area contributed by atoms with Crippen LogP contribution in [0.5, 0.6) is 0 Å². The van der Waals surface area contributed by atoms with Crippen LogP contribution in [0.25, 0.3) is 0 Å². The molecule has 1 fully saturated rings. The lowest BCUT2D eigenvalue weighted by Crippen LogP contribution is -2.32. The zero-order valence-corrected chi connectivity index (χ0v) is 11.5. The lowest BCUT2D eigenvalue weighted by atomic mass is 10.1. The molecule has 2 heteroatoms. The molecule has 0 radical (unpaired) electrons. The number of rotatable bonds is 8. The second-order valence-electron chi connectivity index (χ2n) is 5.23. The third kappa shape index (κ3) is 4.84. The van der Waals surface area contributed by atoms with Gasteiger partial charge < -0.3 is 10.2 Å². The van der Waals surface area contributed by atoms with Crippen molar-refractivity contribution in [2.45, 2.75) is 71.4 Å². The minimum absolute atomic E-state index is 0.748. The van der Waals surface area contributed by atoms with Gasteiger partial charge in [0.2, 0.25) is 0 Å². The fourth-order valence-corrected chi connectivity index (χ4v) is 2.66. The van der Waals surface area contributed by atoms with Gasteiger partial charge >= 0.3 is 0 Å². The van der Waals surface area contributed by atoms with E-state index in [1.54, 1.807) is 0 Å². The molecule has 0 spiro atoms. The molecule has 1 rings (SSSR count). The van der Waals surface area contributed by atoms with E-state index in [2.05, 4.69) is 31.0 Å². The molecule has 96 valence electrons. The fraction of sp³-hybridized carbons (Fsp3) is 1.00. The van der Waals surface area contributed by atoms with Crippen LogP contribution in [-0.4, -0.2) is 36.6 Å². The molecule has 1 aliphatic heterocycles. The van der Waals surface area contributed by atoms with Crippen molar-refractivity contribution in [2.24, 2.45) is 0 Å². The summed E-state index contributed by atoms with van der Waals surface area (Å²) in [4.78, 5) is 2.66. The van der Waals surface area contributed by atoms with Crippen LogP contribution in [0.4, 0.5) is 0 Å². The van der Waals surface area contributed by atoms with Gasteiger partial charge in [0.15, 0.2) is 0 Å². The molecule has 16 heavy (non-hydrogen) atoms. The van der Waals surface area contributed by atoms with Gasteiger partial charge in [-0.25, -0.2) is 0 Å². The van der Waals surface area contributed by atoms with E-state index in [0.717, 1.165) is 12.1 Å². The Morgan fingerprint density at radius 3 is 2.75 bits per heavy atom. The quantitative estimate of drug-likeness (QED) is 0.684. The average molecular weight is 226 g/mol. The highest BCUT2D eigenvalue weighted by Gasteiger charge is 2.19. The molecular weight excluding hydrogens is 196 g/mol. The molecule has 1 heterocycles. The second-order valence-corrected chi connectivity index (χ2v) is 5.23. The topological polar surface area (TPSA) is 15.3 Å². The highest BCUT2D eigenvalue weighted by molar-refractivity contribution is 4.75. The van der Waals surface area contributed by atoms with Gasteiger partial charge in [-0.2, -0.15) is 0 Å². The summed E-state index contributed by atoms with van der Waals surface area (Å²) in [5.74, 6) is 0. The van der Waals surface area contributed by atoms with Crippen LogP contribution < -0.4 is 5.32 Å². The summed E-state index contributed by atoms with van der Waals surface area (Å²) in [6, 6.07) is 1.58. The molecule has 0 aliphatic carbocycles. The van der Waals surface area contributed by atoms with Crippen molar-refractivity contribution in [3.05, 3.63) is 0 Å². The first-order valence-electron chi connectivity index (χ1n) is 7.25. The SMILES string of the molecule is CCCNC(CC)CCCN1CCCC1C. The van der Waals surface area contributed by atoms with Crippen molar-refractivity contribution in [3.63, 3.8) is 0 Å². The van der Waals surface area contributed by atoms with Crippen molar-refractivity contribution in [3.8, 4) is 0 Å². The van der Waals surface area contributed by atoms with E-state index < -0.39 is 0 Å². The largest absolute Gasteiger partial charge is 0.314 e. The first-order valence-corrected chi connectivity index (χ1v) is 7.25. The molecule has 1 saturated heterocycles. The zero-order valence-electron chi connectivity index (χ0n) is 11.5. The van der Waals surface area contributed by atoms with Crippen LogP contribution in [0.15, 0.2) is 0 Å². The predicted molar refractivity (Wildman–Crippen MR) is 71.9 cm³/mol. The summed E-state index contributed by atoms with van der Waals surface area (Å²) in [5.41, 5.74) is 0. The maximum absolute atomic E-state index is 3.64. The maximum atomic E-state index is 3.64. The monoisotopic (exact) mass is 226 g/mol. The van der Waals surface area contributed by atoms with E-state index in [0.29, 0.717) is 0 Å². The van der Waals surface area contributed by atoms with Crippen LogP contribution in [0, 0.1) is 0 Å². The summed E-state index contributed by atoms with van der Waals surface area (Å²) >= 11 is 0. The van der Waals surface area contributed by atoms with Crippen molar-refractivity contribution < 1.29 is 0 Å². The van der Waals surface area contributed by atoms with Gasteiger partial charge in [0.25, 0.3) is 0 Å². The number of hydrogen-bond acceptors (Lipinski definition) is 2. The lowest BCUT2D eigenvalue weighted by Gasteiger charge is -2.22. The Balaban J connectivity index is 2.08. The molecule has 0 aromatic rings. The fourth-order valence-electron chi connectivity index (χ4n) is 2.66. The molecule has 0 saturated carbocycles. The molecule has 2 atom stereocenters. The van der Waals surface area contributed by atoms with Crippen LogP contribution in [0.1, 0.15) is 59.3 Å². The van der Waals surface area contributed by atoms with Crippen LogP contribution >= 0.6 is 0 Å².